The Kier molecular flexibility index (Phi) is 4.14. The summed E-state index contributed by atoms with van der Waals surface area (Å²) in [5.41, 5.74) is 0.972. The number of nitrogens with zero attached hydrogens (tertiary/aromatic N) is 2. The standard InChI is InChI=1S/C14H17N3O3S2/c1-10(13(18)16-11-5-7-22(19,20)9-11)21-14-15-8-12-4-2-3-6-17(12)14/h2-4,6,8,10-11H,5,7,9H2,1H3,(H,16,18). The van der Waals surface area contributed by atoms with Gasteiger partial charge in [0.15, 0.2) is 15.0 Å². The number of fused-ring (bicyclic) bond motifs is 1. The lowest BCUT2D eigenvalue weighted by Gasteiger charge is -2.15. The predicted molar refractivity (Wildman–Crippen MR) is 85.7 cm³/mol. The van der Waals surface area contributed by atoms with Gasteiger partial charge in [0.25, 0.3) is 0 Å². The molecule has 3 heterocycles. The predicted octanol–water partition coefficient (Wildman–Crippen LogP) is 1.12. The van der Waals surface area contributed by atoms with Crippen LogP contribution in [-0.4, -0.2) is 46.5 Å². The molecule has 118 valence electrons. The van der Waals surface area contributed by atoms with E-state index >= 15 is 0 Å². The molecule has 0 aromatic carbocycles. The van der Waals surface area contributed by atoms with Crippen LogP contribution in [0.2, 0.25) is 0 Å². The van der Waals surface area contributed by atoms with E-state index in [0.29, 0.717) is 6.42 Å². The van der Waals surface area contributed by atoms with Crippen LogP contribution in [0.1, 0.15) is 13.3 Å². The van der Waals surface area contributed by atoms with Gasteiger partial charge in [0, 0.05) is 12.2 Å². The van der Waals surface area contributed by atoms with Crippen LogP contribution in [0.15, 0.2) is 35.7 Å². The molecule has 1 saturated heterocycles. The third kappa shape index (κ3) is 3.27. The summed E-state index contributed by atoms with van der Waals surface area (Å²) < 4.78 is 24.8. The van der Waals surface area contributed by atoms with E-state index in [1.165, 1.54) is 11.8 Å². The van der Waals surface area contributed by atoms with E-state index in [4.69, 9.17) is 0 Å². The zero-order valence-electron chi connectivity index (χ0n) is 12.1. The Hall–Kier alpha value is -1.54. The van der Waals surface area contributed by atoms with E-state index in [1.54, 1.807) is 13.1 Å². The first-order valence-electron chi connectivity index (χ1n) is 7.04. The molecule has 6 nitrogen and oxygen atoms in total. The summed E-state index contributed by atoms with van der Waals surface area (Å²) in [6.45, 7) is 1.80. The number of amides is 1. The molecular formula is C14H17N3O3S2. The fourth-order valence-electron chi connectivity index (χ4n) is 2.45. The van der Waals surface area contributed by atoms with Gasteiger partial charge in [-0.3, -0.25) is 9.20 Å². The molecule has 1 N–H and O–H groups in total. The van der Waals surface area contributed by atoms with Crippen molar-refractivity contribution in [3.05, 3.63) is 30.6 Å². The molecule has 2 atom stereocenters. The fourth-order valence-corrected chi connectivity index (χ4v) is 5.00. The van der Waals surface area contributed by atoms with Gasteiger partial charge in [-0.1, -0.05) is 17.8 Å². The minimum atomic E-state index is -2.98. The van der Waals surface area contributed by atoms with Gasteiger partial charge in [-0.2, -0.15) is 0 Å². The highest BCUT2D eigenvalue weighted by molar-refractivity contribution is 8.00. The van der Waals surface area contributed by atoms with Crippen molar-refractivity contribution in [2.24, 2.45) is 0 Å². The SMILES string of the molecule is CC(Sc1ncc2ccccn12)C(=O)NC1CCS(=O)(=O)C1. The molecule has 8 heteroatoms. The number of thioether (sulfide) groups is 1. The van der Waals surface area contributed by atoms with Crippen LogP contribution in [0.5, 0.6) is 0 Å². The lowest BCUT2D eigenvalue weighted by molar-refractivity contribution is -0.120. The zero-order chi connectivity index (χ0) is 15.7. The van der Waals surface area contributed by atoms with Crippen molar-refractivity contribution in [3.63, 3.8) is 0 Å². The molecule has 3 rings (SSSR count). The Morgan fingerprint density at radius 1 is 1.50 bits per heavy atom. The number of carbonyl (C=O) groups excluding carboxylic acids is 1. The van der Waals surface area contributed by atoms with Crippen LogP contribution in [0.3, 0.4) is 0 Å². The normalized spacial score (nSPS) is 21.8. The molecule has 1 aliphatic rings. The number of hydrogen-bond donors (Lipinski definition) is 1. The molecule has 0 radical (unpaired) electrons. The third-order valence-corrected chi connectivity index (χ3v) is 6.48. The van der Waals surface area contributed by atoms with Crippen LogP contribution < -0.4 is 5.32 Å². The Labute approximate surface area is 133 Å². The maximum Gasteiger partial charge on any atom is 0.233 e. The number of aromatic nitrogens is 2. The third-order valence-electron chi connectivity index (χ3n) is 3.63. The summed E-state index contributed by atoms with van der Waals surface area (Å²) in [6.07, 6.45) is 4.16. The monoisotopic (exact) mass is 339 g/mol. The van der Waals surface area contributed by atoms with Gasteiger partial charge in [-0.15, -0.1) is 0 Å². The van der Waals surface area contributed by atoms with Crippen LogP contribution in [0.25, 0.3) is 5.52 Å². The molecule has 0 bridgehead atoms. The van der Waals surface area contributed by atoms with Crippen LogP contribution >= 0.6 is 11.8 Å². The topological polar surface area (TPSA) is 80.5 Å². The van der Waals surface area contributed by atoms with Crippen molar-refractivity contribution >= 4 is 33.0 Å². The smallest absolute Gasteiger partial charge is 0.233 e. The van der Waals surface area contributed by atoms with Crippen molar-refractivity contribution < 1.29 is 13.2 Å². The van der Waals surface area contributed by atoms with Crippen molar-refractivity contribution in [2.75, 3.05) is 11.5 Å². The van der Waals surface area contributed by atoms with Crippen molar-refractivity contribution in [1.82, 2.24) is 14.7 Å². The summed E-state index contributed by atoms with van der Waals surface area (Å²) in [5, 5.41) is 3.23. The van der Waals surface area contributed by atoms with E-state index in [-0.39, 0.29) is 28.7 Å². The number of rotatable bonds is 4. The van der Waals surface area contributed by atoms with Gasteiger partial charge in [-0.05, 0) is 25.5 Å². The lowest BCUT2D eigenvalue weighted by Crippen LogP contribution is -2.40. The maximum absolute atomic E-state index is 12.2. The first kappa shape index (κ1) is 15.4. The number of hydrogen-bond acceptors (Lipinski definition) is 5. The van der Waals surface area contributed by atoms with Crippen molar-refractivity contribution in [1.29, 1.82) is 0 Å². The van der Waals surface area contributed by atoms with Gasteiger partial charge in [-0.25, -0.2) is 13.4 Å². The molecule has 22 heavy (non-hydrogen) atoms. The largest absolute Gasteiger partial charge is 0.351 e. The van der Waals surface area contributed by atoms with Gasteiger partial charge >= 0.3 is 0 Å². The second kappa shape index (κ2) is 5.92. The number of nitrogens with one attached hydrogen (secondary N) is 1. The highest BCUT2D eigenvalue weighted by atomic mass is 32.2. The second-order valence-electron chi connectivity index (χ2n) is 5.40. The molecule has 2 aromatic rings. The molecule has 1 aliphatic heterocycles. The maximum atomic E-state index is 12.2. The lowest BCUT2D eigenvalue weighted by atomic mass is 10.2. The highest BCUT2D eigenvalue weighted by Crippen LogP contribution is 2.23. The van der Waals surface area contributed by atoms with Crippen LogP contribution in [0, 0.1) is 0 Å². The first-order valence-corrected chi connectivity index (χ1v) is 9.74. The Morgan fingerprint density at radius 2 is 2.32 bits per heavy atom. The first-order chi connectivity index (χ1) is 10.4. The molecule has 0 saturated carbocycles. The Balaban J connectivity index is 1.64. The van der Waals surface area contributed by atoms with Crippen molar-refractivity contribution in [2.45, 2.75) is 29.8 Å². The van der Waals surface area contributed by atoms with Gasteiger partial charge < -0.3 is 5.32 Å². The number of pyridine rings is 1. The number of carbonyl (C=O) groups is 1. The number of sulfone groups is 1. The summed E-state index contributed by atoms with van der Waals surface area (Å²) in [5.74, 6) is 0.0482. The molecule has 1 fully saturated rings. The average molecular weight is 339 g/mol. The zero-order valence-corrected chi connectivity index (χ0v) is 13.7. The molecule has 1 amide bonds. The summed E-state index contributed by atoms with van der Waals surface area (Å²) in [4.78, 5) is 16.5. The summed E-state index contributed by atoms with van der Waals surface area (Å²) >= 11 is 1.36. The molecule has 0 aliphatic carbocycles. The molecule has 2 unspecified atom stereocenters. The average Bonchev–Trinajstić information content (AvgIpc) is 3.03. The van der Waals surface area contributed by atoms with E-state index in [2.05, 4.69) is 10.3 Å². The van der Waals surface area contributed by atoms with E-state index in [9.17, 15) is 13.2 Å². The minimum Gasteiger partial charge on any atom is -0.351 e. The van der Waals surface area contributed by atoms with Gasteiger partial charge in [0.2, 0.25) is 5.91 Å². The number of imidazole rings is 1. The fraction of sp³-hybridized carbons (Fsp3) is 0.429. The molecule has 2 aromatic heterocycles. The van der Waals surface area contributed by atoms with Crippen LogP contribution in [-0.2, 0) is 14.6 Å². The van der Waals surface area contributed by atoms with Crippen molar-refractivity contribution in [3.8, 4) is 0 Å². The summed E-state index contributed by atoms with van der Waals surface area (Å²) in [7, 11) is -2.98. The van der Waals surface area contributed by atoms with E-state index in [1.807, 2.05) is 28.8 Å². The highest BCUT2D eigenvalue weighted by Gasteiger charge is 2.30. The Morgan fingerprint density at radius 3 is 3.05 bits per heavy atom. The minimum absolute atomic E-state index is 0.0441. The van der Waals surface area contributed by atoms with Gasteiger partial charge in [0.05, 0.1) is 28.5 Å². The van der Waals surface area contributed by atoms with E-state index in [0.717, 1.165) is 10.7 Å². The molecule has 0 spiro atoms. The molecular weight excluding hydrogens is 322 g/mol. The summed E-state index contributed by atoms with van der Waals surface area (Å²) in [6, 6.07) is 5.53. The van der Waals surface area contributed by atoms with Gasteiger partial charge in [0.1, 0.15) is 0 Å². The second-order valence-corrected chi connectivity index (χ2v) is 8.94. The van der Waals surface area contributed by atoms with E-state index < -0.39 is 9.84 Å². The van der Waals surface area contributed by atoms with Crippen LogP contribution in [0.4, 0.5) is 0 Å². The quantitative estimate of drug-likeness (QED) is 0.844. The Bertz CT molecular complexity index is 801.